The topological polar surface area (TPSA) is 51.2 Å². The second kappa shape index (κ2) is 10.8. The van der Waals surface area contributed by atoms with Crippen molar-refractivity contribution in [1.29, 1.82) is 0 Å². The first-order valence-corrected chi connectivity index (χ1v) is 11.7. The molecule has 1 aromatic heterocycles. The summed E-state index contributed by atoms with van der Waals surface area (Å²) in [5.41, 5.74) is 5.57. The van der Waals surface area contributed by atoms with E-state index in [0.717, 1.165) is 39.9 Å². The van der Waals surface area contributed by atoms with Gasteiger partial charge in [-0.2, -0.15) is 0 Å². The van der Waals surface area contributed by atoms with Crippen molar-refractivity contribution in [2.75, 3.05) is 6.61 Å². The molecule has 0 unspecified atom stereocenters. The maximum absolute atomic E-state index is 13.2. The Morgan fingerprint density at radius 2 is 1.64 bits per heavy atom. The highest BCUT2D eigenvalue weighted by Gasteiger charge is 2.14. The Hall–Kier alpha value is -3.66. The van der Waals surface area contributed by atoms with Crippen molar-refractivity contribution in [3.05, 3.63) is 95.6 Å². The lowest BCUT2D eigenvalue weighted by molar-refractivity contribution is 0.0952. The summed E-state index contributed by atoms with van der Waals surface area (Å²) in [5.74, 6) is 0.719. The van der Waals surface area contributed by atoms with E-state index in [0.29, 0.717) is 18.7 Å². The maximum atomic E-state index is 13.2. The summed E-state index contributed by atoms with van der Waals surface area (Å²) in [6.45, 7) is 5.28. The van der Waals surface area contributed by atoms with E-state index in [1.807, 2.05) is 61.5 Å². The quantitative estimate of drug-likeness (QED) is 0.321. The van der Waals surface area contributed by atoms with Gasteiger partial charge < -0.3 is 10.1 Å². The third kappa shape index (κ3) is 5.58. The third-order valence-electron chi connectivity index (χ3n) is 5.72. The number of aryl methyl sites for hydroxylation is 1. The number of hydrogen-bond donors (Lipinski definition) is 1. The first-order chi connectivity index (χ1) is 16.2. The molecule has 33 heavy (non-hydrogen) atoms. The molecule has 0 aliphatic heterocycles. The zero-order chi connectivity index (χ0) is 23.0. The summed E-state index contributed by atoms with van der Waals surface area (Å²) in [6.07, 6.45) is 3.48. The number of aromatic nitrogens is 1. The lowest BCUT2D eigenvalue weighted by Gasteiger charge is -2.11. The summed E-state index contributed by atoms with van der Waals surface area (Å²) in [4.78, 5) is 18.0. The predicted octanol–water partition coefficient (Wildman–Crippen LogP) is 6.57. The molecule has 0 saturated carbocycles. The van der Waals surface area contributed by atoms with Crippen molar-refractivity contribution in [3.8, 4) is 17.0 Å². The van der Waals surface area contributed by atoms with Crippen molar-refractivity contribution in [3.63, 3.8) is 0 Å². The average molecular weight is 439 g/mol. The fourth-order valence-corrected chi connectivity index (χ4v) is 3.88. The van der Waals surface area contributed by atoms with Crippen LogP contribution in [0.15, 0.2) is 78.9 Å². The maximum Gasteiger partial charge on any atom is 0.252 e. The Bertz CT molecular complexity index is 1210. The number of para-hydroxylation sites is 1. The molecule has 1 heterocycles. The van der Waals surface area contributed by atoms with Crippen LogP contribution in [-0.4, -0.2) is 17.5 Å². The first kappa shape index (κ1) is 22.5. The highest BCUT2D eigenvalue weighted by atomic mass is 16.5. The second-order valence-corrected chi connectivity index (χ2v) is 8.13. The molecule has 4 nitrogen and oxygen atoms in total. The molecule has 0 radical (unpaired) electrons. The number of carbonyl (C=O) groups excluding carboxylic acids is 1. The van der Waals surface area contributed by atoms with Crippen molar-refractivity contribution in [2.45, 2.75) is 39.7 Å². The molecule has 0 spiro atoms. The van der Waals surface area contributed by atoms with Crippen LogP contribution in [0, 0.1) is 0 Å². The van der Waals surface area contributed by atoms with Gasteiger partial charge in [0.05, 0.1) is 23.4 Å². The molecule has 0 fully saturated rings. The Morgan fingerprint density at radius 3 is 2.36 bits per heavy atom. The Morgan fingerprint density at radius 1 is 0.909 bits per heavy atom. The first-order valence-electron chi connectivity index (χ1n) is 11.7. The zero-order valence-electron chi connectivity index (χ0n) is 19.3. The van der Waals surface area contributed by atoms with Crippen LogP contribution in [0.3, 0.4) is 0 Å². The number of fused-ring (bicyclic) bond motifs is 1. The smallest absolute Gasteiger partial charge is 0.252 e. The fourth-order valence-electron chi connectivity index (χ4n) is 3.88. The molecular weight excluding hydrogens is 408 g/mol. The molecule has 0 aliphatic carbocycles. The SMILES string of the molecule is CCCCc1ccc(CNC(=O)c2cc(-c3ccc(OCC)cc3)nc3ccccc23)cc1. The monoisotopic (exact) mass is 438 g/mol. The van der Waals surface area contributed by atoms with Crippen LogP contribution in [-0.2, 0) is 13.0 Å². The van der Waals surface area contributed by atoms with Gasteiger partial charge in [0.25, 0.3) is 5.91 Å². The van der Waals surface area contributed by atoms with Crippen molar-refractivity contribution in [2.24, 2.45) is 0 Å². The Balaban J connectivity index is 1.56. The molecule has 168 valence electrons. The van der Waals surface area contributed by atoms with Gasteiger partial charge >= 0.3 is 0 Å². The lowest BCUT2D eigenvalue weighted by atomic mass is 10.0. The molecule has 0 saturated heterocycles. The van der Waals surface area contributed by atoms with Gasteiger partial charge in [0.1, 0.15) is 5.75 Å². The van der Waals surface area contributed by atoms with Crippen LogP contribution in [0.25, 0.3) is 22.2 Å². The van der Waals surface area contributed by atoms with E-state index in [1.165, 1.54) is 18.4 Å². The number of ether oxygens (including phenoxy) is 1. The number of pyridine rings is 1. The number of benzene rings is 3. The summed E-state index contributed by atoms with van der Waals surface area (Å²) in [6, 6.07) is 26.0. The normalized spacial score (nSPS) is 10.8. The van der Waals surface area contributed by atoms with E-state index < -0.39 is 0 Å². The summed E-state index contributed by atoms with van der Waals surface area (Å²) < 4.78 is 5.54. The highest BCUT2D eigenvalue weighted by molar-refractivity contribution is 6.07. The van der Waals surface area contributed by atoms with Crippen LogP contribution in [0.5, 0.6) is 5.75 Å². The fraction of sp³-hybridized carbons (Fsp3) is 0.241. The molecule has 4 rings (SSSR count). The predicted molar refractivity (Wildman–Crippen MR) is 135 cm³/mol. The van der Waals surface area contributed by atoms with E-state index in [-0.39, 0.29) is 5.91 Å². The van der Waals surface area contributed by atoms with Gasteiger partial charge in [-0.1, -0.05) is 55.8 Å². The molecule has 1 amide bonds. The van der Waals surface area contributed by atoms with Crippen LogP contribution in [0.1, 0.15) is 48.2 Å². The van der Waals surface area contributed by atoms with Gasteiger partial charge in [-0.05, 0) is 67.3 Å². The molecule has 0 atom stereocenters. The van der Waals surface area contributed by atoms with Gasteiger partial charge in [0.2, 0.25) is 0 Å². The van der Waals surface area contributed by atoms with Gasteiger partial charge in [-0.15, -0.1) is 0 Å². The van der Waals surface area contributed by atoms with Crippen LogP contribution >= 0.6 is 0 Å². The molecule has 4 heteroatoms. The Labute approximate surface area is 195 Å². The number of carbonyl (C=O) groups is 1. The molecular formula is C29H30N2O2. The van der Waals surface area contributed by atoms with Crippen molar-refractivity contribution < 1.29 is 9.53 Å². The molecule has 4 aromatic rings. The summed E-state index contributed by atoms with van der Waals surface area (Å²) in [7, 11) is 0. The van der Waals surface area contributed by atoms with E-state index in [4.69, 9.17) is 9.72 Å². The van der Waals surface area contributed by atoms with E-state index in [2.05, 4.69) is 36.5 Å². The minimum Gasteiger partial charge on any atom is -0.494 e. The van der Waals surface area contributed by atoms with Gasteiger partial charge in [-0.25, -0.2) is 4.98 Å². The van der Waals surface area contributed by atoms with E-state index >= 15 is 0 Å². The number of nitrogens with zero attached hydrogens (tertiary/aromatic N) is 1. The lowest BCUT2D eigenvalue weighted by Crippen LogP contribution is -2.23. The van der Waals surface area contributed by atoms with Gasteiger partial charge in [0.15, 0.2) is 0 Å². The number of unbranched alkanes of at least 4 members (excludes halogenated alkanes) is 1. The van der Waals surface area contributed by atoms with Crippen LogP contribution < -0.4 is 10.1 Å². The molecule has 3 aromatic carbocycles. The van der Waals surface area contributed by atoms with Crippen molar-refractivity contribution in [1.82, 2.24) is 10.3 Å². The van der Waals surface area contributed by atoms with Crippen LogP contribution in [0.4, 0.5) is 0 Å². The van der Waals surface area contributed by atoms with E-state index in [1.54, 1.807) is 0 Å². The third-order valence-corrected chi connectivity index (χ3v) is 5.72. The summed E-state index contributed by atoms with van der Waals surface area (Å²) in [5, 5.41) is 3.93. The Kier molecular flexibility index (Phi) is 7.36. The zero-order valence-corrected chi connectivity index (χ0v) is 19.3. The second-order valence-electron chi connectivity index (χ2n) is 8.13. The minimum atomic E-state index is -0.101. The van der Waals surface area contributed by atoms with E-state index in [9.17, 15) is 4.79 Å². The minimum absolute atomic E-state index is 0.101. The van der Waals surface area contributed by atoms with Gasteiger partial charge in [0, 0.05) is 17.5 Å². The summed E-state index contributed by atoms with van der Waals surface area (Å²) >= 11 is 0. The number of hydrogen-bond acceptors (Lipinski definition) is 3. The van der Waals surface area contributed by atoms with Crippen LogP contribution in [0.2, 0.25) is 0 Å². The number of rotatable bonds is 9. The standard InChI is InChI=1S/C29H30N2O2/c1-3-5-8-21-11-13-22(14-12-21)20-30-29(32)26-19-28(31-27-10-7-6-9-25(26)27)23-15-17-24(18-16-23)33-4-2/h6-7,9-19H,3-5,8,20H2,1-2H3,(H,30,32). The molecule has 1 N–H and O–H groups in total. The van der Waals surface area contributed by atoms with Gasteiger partial charge in [-0.3, -0.25) is 4.79 Å². The largest absolute Gasteiger partial charge is 0.494 e. The molecule has 0 bridgehead atoms. The highest BCUT2D eigenvalue weighted by Crippen LogP contribution is 2.26. The average Bonchev–Trinajstić information content (AvgIpc) is 2.86. The number of amides is 1. The van der Waals surface area contributed by atoms with Crippen molar-refractivity contribution >= 4 is 16.8 Å². The number of nitrogens with one attached hydrogen (secondary N) is 1. The molecule has 0 aliphatic rings.